The van der Waals surface area contributed by atoms with Crippen molar-refractivity contribution in [1.29, 1.82) is 0 Å². The number of ether oxygens (including phenoxy) is 1. The number of carboxylic acids is 1. The number of nitrogens with zero attached hydrogens (tertiary/aromatic N) is 1. The normalized spacial score (nSPS) is 12.3. The van der Waals surface area contributed by atoms with E-state index >= 15 is 0 Å². The molecule has 0 saturated carbocycles. The highest BCUT2D eigenvalue weighted by atomic mass is 16.5. The van der Waals surface area contributed by atoms with E-state index < -0.39 is 5.97 Å². The van der Waals surface area contributed by atoms with Gasteiger partial charge in [0.15, 0.2) is 0 Å². The molecule has 2 N–H and O–H groups in total. The predicted molar refractivity (Wildman–Crippen MR) is 73.2 cm³/mol. The van der Waals surface area contributed by atoms with Gasteiger partial charge in [0, 0.05) is 32.7 Å². The first-order chi connectivity index (χ1) is 8.88. The molecule has 0 rings (SSSR count). The van der Waals surface area contributed by atoms with E-state index in [1.165, 1.54) is 0 Å². The van der Waals surface area contributed by atoms with Crippen molar-refractivity contribution in [3.63, 3.8) is 0 Å². The lowest BCUT2D eigenvalue weighted by Gasteiger charge is -2.27. The Morgan fingerprint density at radius 3 is 2.42 bits per heavy atom. The minimum Gasteiger partial charge on any atom is -0.481 e. The molecule has 112 valence electrons. The van der Waals surface area contributed by atoms with Gasteiger partial charge in [0.25, 0.3) is 0 Å². The van der Waals surface area contributed by atoms with Gasteiger partial charge in [-0.05, 0) is 26.2 Å². The van der Waals surface area contributed by atoms with Crippen LogP contribution in [-0.4, -0.2) is 54.9 Å². The Morgan fingerprint density at radius 2 is 1.95 bits per heavy atom. The number of nitrogens with one attached hydrogen (secondary N) is 1. The number of rotatable bonds is 9. The molecule has 6 heteroatoms. The van der Waals surface area contributed by atoms with Crippen molar-refractivity contribution < 1.29 is 19.4 Å². The van der Waals surface area contributed by atoms with Crippen LogP contribution < -0.4 is 5.32 Å². The van der Waals surface area contributed by atoms with Gasteiger partial charge in [-0.15, -0.1) is 0 Å². The number of carbonyl (C=O) groups excluding carboxylic acids is 1. The van der Waals surface area contributed by atoms with Gasteiger partial charge in [-0.3, -0.25) is 4.79 Å². The van der Waals surface area contributed by atoms with Gasteiger partial charge in [0.05, 0.1) is 6.61 Å². The zero-order valence-electron chi connectivity index (χ0n) is 12.3. The molecule has 0 aromatic carbocycles. The van der Waals surface area contributed by atoms with Crippen LogP contribution in [0.5, 0.6) is 0 Å². The number of methoxy groups -OCH3 is 1. The van der Waals surface area contributed by atoms with Crippen molar-refractivity contribution in [1.82, 2.24) is 10.2 Å². The molecule has 2 amide bonds. The van der Waals surface area contributed by atoms with E-state index in [4.69, 9.17) is 9.84 Å². The second-order valence-electron chi connectivity index (χ2n) is 5.00. The maximum Gasteiger partial charge on any atom is 0.317 e. The average Bonchev–Trinajstić information content (AvgIpc) is 2.33. The van der Waals surface area contributed by atoms with Gasteiger partial charge in [-0.2, -0.15) is 0 Å². The SMILES string of the molecule is COCCN(C(=O)NCC(C)CCC(=O)O)C(C)C. The van der Waals surface area contributed by atoms with Crippen LogP contribution in [0.2, 0.25) is 0 Å². The summed E-state index contributed by atoms with van der Waals surface area (Å²) in [6.45, 7) is 7.36. The Kier molecular flexibility index (Phi) is 8.95. The molecule has 0 bridgehead atoms. The molecular formula is C13H26N2O4. The number of amides is 2. The first-order valence-electron chi connectivity index (χ1n) is 6.63. The third-order valence-electron chi connectivity index (χ3n) is 2.87. The molecule has 0 aromatic rings. The third-order valence-corrected chi connectivity index (χ3v) is 2.87. The predicted octanol–water partition coefficient (Wildman–Crippen LogP) is 1.55. The molecule has 0 spiro atoms. The van der Waals surface area contributed by atoms with Crippen LogP contribution in [-0.2, 0) is 9.53 Å². The second kappa shape index (κ2) is 9.61. The van der Waals surface area contributed by atoms with Crippen LogP contribution in [0.4, 0.5) is 4.79 Å². The van der Waals surface area contributed by atoms with Crippen molar-refractivity contribution in [2.24, 2.45) is 5.92 Å². The molecule has 6 nitrogen and oxygen atoms in total. The third kappa shape index (κ3) is 8.42. The van der Waals surface area contributed by atoms with E-state index in [1.54, 1.807) is 12.0 Å². The first-order valence-corrected chi connectivity index (χ1v) is 6.63. The quantitative estimate of drug-likeness (QED) is 0.668. The summed E-state index contributed by atoms with van der Waals surface area (Å²) in [4.78, 5) is 24.1. The molecule has 0 aromatic heterocycles. The molecule has 0 aliphatic carbocycles. The van der Waals surface area contributed by atoms with Gasteiger partial charge in [0.2, 0.25) is 0 Å². The van der Waals surface area contributed by atoms with E-state index in [1.807, 2.05) is 20.8 Å². The molecule has 0 heterocycles. The summed E-state index contributed by atoms with van der Waals surface area (Å²) in [5, 5.41) is 11.4. The summed E-state index contributed by atoms with van der Waals surface area (Å²) in [6, 6.07) is -0.0290. The summed E-state index contributed by atoms with van der Waals surface area (Å²) in [5.74, 6) is -0.654. The minimum absolute atomic E-state index is 0.101. The standard InChI is InChI=1S/C13H26N2O4/c1-10(2)15(7-8-19-4)13(18)14-9-11(3)5-6-12(16)17/h10-11H,5-9H2,1-4H3,(H,14,18)(H,16,17). The summed E-state index contributed by atoms with van der Waals surface area (Å²) >= 11 is 0. The fourth-order valence-corrected chi connectivity index (χ4v) is 1.62. The highest BCUT2D eigenvalue weighted by Gasteiger charge is 2.17. The largest absolute Gasteiger partial charge is 0.481 e. The van der Waals surface area contributed by atoms with E-state index in [9.17, 15) is 9.59 Å². The molecule has 19 heavy (non-hydrogen) atoms. The fourth-order valence-electron chi connectivity index (χ4n) is 1.62. The number of carboxylic acid groups (broad SMARTS) is 1. The van der Waals surface area contributed by atoms with Crippen molar-refractivity contribution in [2.45, 2.75) is 39.7 Å². The molecule has 1 atom stereocenters. The smallest absolute Gasteiger partial charge is 0.317 e. The zero-order valence-corrected chi connectivity index (χ0v) is 12.3. The molecule has 0 aliphatic rings. The molecule has 0 radical (unpaired) electrons. The first kappa shape index (κ1) is 17.7. The second-order valence-corrected chi connectivity index (χ2v) is 5.00. The van der Waals surface area contributed by atoms with Crippen LogP contribution in [0.25, 0.3) is 0 Å². The molecule has 0 aliphatic heterocycles. The number of carbonyl (C=O) groups is 2. The highest BCUT2D eigenvalue weighted by Crippen LogP contribution is 2.05. The Bertz CT molecular complexity index is 282. The van der Waals surface area contributed by atoms with Crippen LogP contribution in [0, 0.1) is 5.92 Å². The van der Waals surface area contributed by atoms with Crippen molar-refractivity contribution >= 4 is 12.0 Å². The van der Waals surface area contributed by atoms with Gasteiger partial charge < -0.3 is 20.1 Å². The van der Waals surface area contributed by atoms with Crippen molar-refractivity contribution in [3.8, 4) is 0 Å². The van der Waals surface area contributed by atoms with Gasteiger partial charge in [0.1, 0.15) is 0 Å². The lowest BCUT2D eigenvalue weighted by Crippen LogP contribution is -2.46. The fraction of sp³-hybridized carbons (Fsp3) is 0.846. The van der Waals surface area contributed by atoms with Gasteiger partial charge in [-0.25, -0.2) is 4.79 Å². The number of hydrogen-bond donors (Lipinski definition) is 2. The highest BCUT2D eigenvalue weighted by molar-refractivity contribution is 5.74. The summed E-state index contributed by atoms with van der Waals surface area (Å²) in [6.07, 6.45) is 0.698. The lowest BCUT2D eigenvalue weighted by molar-refractivity contribution is -0.137. The Balaban J connectivity index is 4.07. The van der Waals surface area contributed by atoms with E-state index in [2.05, 4.69) is 5.32 Å². The van der Waals surface area contributed by atoms with E-state index in [-0.39, 0.29) is 24.4 Å². The van der Waals surface area contributed by atoms with Gasteiger partial charge in [-0.1, -0.05) is 6.92 Å². The zero-order chi connectivity index (χ0) is 14.8. The van der Waals surface area contributed by atoms with Crippen molar-refractivity contribution in [3.05, 3.63) is 0 Å². The molecule has 0 fully saturated rings. The van der Waals surface area contributed by atoms with Gasteiger partial charge >= 0.3 is 12.0 Å². The topological polar surface area (TPSA) is 78.9 Å². The number of aliphatic carboxylic acids is 1. The summed E-state index contributed by atoms with van der Waals surface area (Å²) < 4.78 is 4.98. The Labute approximate surface area is 115 Å². The maximum atomic E-state index is 12.0. The minimum atomic E-state index is -0.804. The van der Waals surface area contributed by atoms with Crippen molar-refractivity contribution in [2.75, 3.05) is 26.8 Å². The van der Waals surface area contributed by atoms with E-state index in [0.29, 0.717) is 26.1 Å². The average molecular weight is 274 g/mol. The lowest BCUT2D eigenvalue weighted by atomic mass is 10.1. The Hall–Kier alpha value is -1.30. The van der Waals surface area contributed by atoms with Crippen LogP contribution in [0.3, 0.4) is 0 Å². The van der Waals surface area contributed by atoms with Crippen LogP contribution >= 0.6 is 0 Å². The molecular weight excluding hydrogens is 248 g/mol. The monoisotopic (exact) mass is 274 g/mol. The van der Waals surface area contributed by atoms with Crippen LogP contribution in [0.1, 0.15) is 33.6 Å². The summed E-state index contributed by atoms with van der Waals surface area (Å²) in [5.41, 5.74) is 0. The maximum absolute atomic E-state index is 12.0. The Morgan fingerprint density at radius 1 is 1.32 bits per heavy atom. The molecule has 0 saturated heterocycles. The number of hydrogen-bond acceptors (Lipinski definition) is 3. The van der Waals surface area contributed by atoms with E-state index in [0.717, 1.165) is 0 Å². The van der Waals surface area contributed by atoms with Crippen LogP contribution in [0.15, 0.2) is 0 Å². The number of urea groups is 1. The summed E-state index contributed by atoms with van der Waals surface area (Å²) in [7, 11) is 1.60. The molecule has 1 unspecified atom stereocenters.